The van der Waals surface area contributed by atoms with Crippen LogP contribution < -0.4 is 10.2 Å². The predicted octanol–water partition coefficient (Wildman–Crippen LogP) is 7.98. The molecule has 0 aromatic heterocycles. The van der Waals surface area contributed by atoms with Crippen molar-refractivity contribution >= 4 is 24.3 Å². The molecule has 0 fully saturated rings. The highest BCUT2D eigenvalue weighted by Gasteiger charge is 2.37. The molecule has 0 amide bonds. The Bertz CT molecular complexity index is 1070. The van der Waals surface area contributed by atoms with Gasteiger partial charge in [-0.25, -0.2) is 0 Å². The molecule has 0 heterocycles. The largest absolute Gasteiger partial charge is 0.494 e. The first-order valence-corrected chi connectivity index (χ1v) is 13.3. The van der Waals surface area contributed by atoms with Gasteiger partial charge in [-0.3, -0.25) is 0 Å². The Balaban J connectivity index is 0.000000283. The first-order chi connectivity index (χ1) is 18.4. The summed E-state index contributed by atoms with van der Waals surface area (Å²) in [5.74, 6) is 0.978. The summed E-state index contributed by atoms with van der Waals surface area (Å²) < 4.78 is 79.4. The van der Waals surface area contributed by atoms with E-state index in [2.05, 4.69) is 55.5 Å². The van der Waals surface area contributed by atoms with Gasteiger partial charge in [-0.15, -0.1) is 0 Å². The molecule has 0 spiro atoms. The first-order valence-electron chi connectivity index (χ1n) is 12.5. The van der Waals surface area contributed by atoms with E-state index in [0.29, 0.717) is 0 Å². The van der Waals surface area contributed by atoms with Crippen LogP contribution in [0.1, 0.15) is 56.6 Å². The van der Waals surface area contributed by atoms with Crippen LogP contribution in [-0.4, -0.2) is 23.8 Å². The molecule has 39 heavy (non-hydrogen) atoms. The number of halogens is 6. The lowest BCUT2D eigenvalue weighted by Gasteiger charge is -2.13. The van der Waals surface area contributed by atoms with Crippen LogP contribution in [0.25, 0.3) is 0 Å². The fraction of sp³-hybridized carbons (Fsp3) is 0.357. The van der Waals surface area contributed by atoms with Crippen LogP contribution in [0.2, 0.25) is 0 Å². The summed E-state index contributed by atoms with van der Waals surface area (Å²) in [5, 5.41) is 17.2. The van der Waals surface area contributed by atoms with Gasteiger partial charge in [0.1, 0.15) is 5.75 Å². The van der Waals surface area contributed by atoms with E-state index in [-0.39, 0.29) is 18.2 Å². The lowest BCUT2D eigenvalue weighted by Crippen LogP contribution is -2.32. The molecule has 3 aromatic rings. The number of hydrogen-bond acceptors (Lipinski definition) is 4. The number of unbranched alkanes of at least 4 members (excludes halogenated alkanes) is 5. The minimum atomic E-state index is -5.00. The second kappa shape index (κ2) is 15.8. The molecule has 3 aromatic carbocycles. The highest BCUT2D eigenvalue weighted by molar-refractivity contribution is 7.99. The number of hydrogen-bond donors (Lipinski definition) is 2. The third-order valence-corrected chi connectivity index (χ3v) is 6.49. The van der Waals surface area contributed by atoms with Crippen molar-refractivity contribution in [1.82, 2.24) is 0 Å². The van der Waals surface area contributed by atoms with Gasteiger partial charge in [0.25, 0.3) is 0 Å². The van der Waals surface area contributed by atoms with E-state index in [9.17, 15) is 26.3 Å². The maximum atomic E-state index is 12.3. The maximum Gasteiger partial charge on any atom is 0.488 e. The fourth-order valence-electron chi connectivity index (χ4n) is 3.43. The molecule has 11 heteroatoms. The minimum absolute atomic E-state index is 0.0914. The molecule has 3 nitrogen and oxygen atoms in total. The molecule has 3 rings (SSSR count). The highest BCUT2D eigenvalue weighted by atomic mass is 32.2. The van der Waals surface area contributed by atoms with Gasteiger partial charge in [0.05, 0.1) is 17.7 Å². The molecule has 0 saturated carbocycles. The van der Waals surface area contributed by atoms with Gasteiger partial charge in [-0.1, -0.05) is 81.1 Å². The summed E-state index contributed by atoms with van der Waals surface area (Å²) in [6.07, 6.45) is -2.18. The van der Waals surface area contributed by atoms with Crippen LogP contribution in [0, 0.1) is 0 Å². The predicted molar refractivity (Wildman–Crippen MR) is 142 cm³/mol. The Morgan fingerprint density at radius 1 is 0.692 bits per heavy atom. The van der Waals surface area contributed by atoms with Crippen molar-refractivity contribution in [1.29, 1.82) is 0 Å². The molecular formula is C28H31BF6O3S. The second-order valence-electron chi connectivity index (χ2n) is 8.72. The summed E-state index contributed by atoms with van der Waals surface area (Å²) in [6.45, 7) is 3.08. The van der Waals surface area contributed by atoms with Crippen LogP contribution in [-0.2, 0) is 12.4 Å². The normalized spacial score (nSPS) is 11.5. The second-order valence-corrected chi connectivity index (χ2v) is 9.86. The van der Waals surface area contributed by atoms with Crippen molar-refractivity contribution in [2.24, 2.45) is 0 Å². The molecule has 212 valence electrons. The third-order valence-electron chi connectivity index (χ3n) is 5.48. The van der Waals surface area contributed by atoms with E-state index < -0.39 is 36.1 Å². The molecule has 0 atom stereocenters. The van der Waals surface area contributed by atoms with Crippen LogP contribution in [0.5, 0.6) is 5.75 Å². The topological polar surface area (TPSA) is 49.7 Å². The monoisotopic (exact) mass is 572 g/mol. The van der Waals surface area contributed by atoms with Crippen molar-refractivity contribution in [2.75, 3.05) is 6.61 Å². The molecule has 0 aliphatic rings. The van der Waals surface area contributed by atoms with E-state index in [1.807, 2.05) is 6.07 Å². The Hall–Kier alpha value is -2.63. The summed E-state index contributed by atoms with van der Waals surface area (Å²) in [6, 6.07) is 19.3. The summed E-state index contributed by atoms with van der Waals surface area (Å²) in [7, 11) is -2.40. The van der Waals surface area contributed by atoms with Gasteiger partial charge >= 0.3 is 19.5 Å². The number of alkyl halides is 6. The quantitative estimate of drug-likeness (QED) is 0.139. The Kier molecular flexibility index (Phi) is 13.2. The Morgan fingerprint density at radius 3 is 1.72 bits per heavy atom. The summed E-state index contributed by atoms with van der Waals surface area (Å²) >= 11 is 1.78. The average Bonchev–Trinajstić information content (AvgIpc) is 2.89. The van der Waals surface area contributed by atoms with E-state index >= 15 is 0 Å². The van der Waals surface area contributed by atoms with Gasteiger partial charge in [-0.2, -0.15) is 26.3 Å². The average molecular weight is 572 g/mol. The van der Waals surface area contributed by atoms with Crippen LogP contribution in [0.4, 0.5) is 26.3 Å². The lowest BCUT2D eigenvalue weighted by molar-refractivity contribution is -0.142. The fourth-order valence-corrected chi connectivity index (χ4v) is 4.27. The SMILES string of the molecule is CCCCCCCCOc1ccc(Sc2ccccc2)cc1.OB(O)c1cc(C(F)(F)F)cc(C(F)(F)F)c1. The zero-order chi connectivity index (χ0) is 28.9. The van der Waals surface area contributed by atoms with Gasteiger partial charge < -0.3 is 14.8 Å². The number of benzene rings is 3. The van der Waals surface area contributed by atoms with Crippen LogP contribution in [0.3, 0.4) is 0 Å². The van der Waals surface area contributed by atoms with Gasteiger partial charge in [0.2, 0.25) is 0 Å². The van der Waals surface area contributed by atoms with E-state index in [0.717, 1.165) is 18.8 Å². The van der Waals surface area contributed by atoms with Crippen molar-refractivity contribution < 1.29 is 41.1 Å². The summed E-state index contributed by atoms with van der Waals surface area (Å²) in [5.41, 5.74) is -4.04. The third kappa shape index (κ3) is 12.4. The van der Waals surface area contributed by atoms with E-state index in [1.165, 1.54) is 41.9 Å². The zero-order valence-corrected chi connectivity index (χ0v) is 22.3. The van der Waals surface area contributed by atoms with Crippen LogP contribution in [0.15, 0.2) is 82.6 Å². The number of rotatable bonds is 11. The highest BCUT2D eigenvalue weighted by Crippen LogP contribution is 2.34. The van der Waals surface area contributed by atoms with Crippen molar-refractivity contribution in [3.8, 4) is 5.75 Å². The molecule has 0 unspecified atom stereocenters. The molecule has 0 saturated heterocycles. The molecule has 0 aliphatic heterocycles. The lowest BCUT2D eigenvalue weighted by atomic mass is 9.78. The minimum Gasteiger partial charge on any atom is -0.494 e. The van der Waals surface area contributed by atoms with Gasteiger partial charge in [-0.05, 0) is 54.3 Å². The Labute approximate surface area is 229 Å². The van der Waals surface area contributed by atoms with Crippen molar-refractivity contribution in [3.05, 3.63) is 83.9 Å². The van der Waals surface area contributed by atoms with Crippen LogP contribution >= 0.6 is 11.8 Å². The van der Waals surface area contributed by atoms with Gasteiger partial charge in [0.15, 0.2) is 0 Å². The maximum absolute atomic E-state index is 12.3. The molecule has 0 bridgehead atoms. The summed E-state index contributed by atoms with van der Waals surface area (Å²) in [4.78, 5) is 2.52. The molecular weight excluding hydrogens is 541 g/mol. The zero-order valence-electron chi connectivity index (χ0n) is 21.4. The molecule has 2 N–H and O–H groups in total. The number of ether oxygens (including phenoxy) is 1. The van der Waals surface area contributed by atoms with E-state index in [1.54, 1.807) is 11.8 Å². The first kappa shape index (κ1) is 32.6. The van der Waals surface area contributed by atoms with E-state index in [4.69, 9.17) is 14.8 Å². The smallest absolute Gasteiger partial charge is 0.488 e. The van der Waals surface area contributed by atoms with Gasteiger partial charge in [0, 0.05) is 9.79 Å². The molecule has 0 aliphatic carbocycles. The van der Waals surface area contributed by atoms with Crippen molar-refractivity contribution in [3.63, 3.8) is 0 Å². The Morgan fingerprint density at radius 2 is 1.21 bits per heavy atom. The molecule has 0 radical (unpaired) electrons. The standard InChI is InChI=1S/C20H26OS.C8H5BF6O2/c1-2-3-4-5-6-10-17-21-18-13-15-20(16-14-18)22-19-11-8-7-9-12-19;10-7(11,12)4-1-5(8(13,14)15)3-6(2-4)9(16)17/h7-9,11-16H,2-6,10,17H2,1H3;1-3,16-17H. The van der Waals surface area contributed by atoms with Crippen molar-refractivity contribution in [2.45, 2.75) is 67.6 Å².